The highest BCUT2D eigenvalue weighted by Gasteiger charge is 2.20. The van der Waals surface area contributed by atoms with E-state index in [2.05, 4.69) is 14.7 Å². The van der Waals surface area contributed by atoms with Crippen LogP contribution in [0.1, 0.15) is 6.92 Å². The minimum absolute atomic E-state index is 0.0829. The van der Waals surface area contributed by atoms with E-state index in [0.29, 0.717) is 21.5 Å². The third kappa shape index (κ3) is 2.77. The number of nitro benzene ring substituents is 1. The van der Waals surface area contributed by atoms with Crippen LogP contribution in [0.3, 0.4) is 0 Å². The molecular weight excluding hydrogens is 272 g/mol. The number of anilines is 1. The molecule has 0 saturated heterocycles. The largest absolute Gasteiger partial charge is 0.380 e. The van der Waals surface area contributed by atoms with Crippen molar-refractivity contribution in [3.63, 3.8) is 0 Å². The summed E-state index contributed by atoms with van der Waals surface area (Å²) in [6, 6.07) is 5.20. The highest BCUT2D eigenvalue weighted by molar-refractivity contribution is 8.01. The molecular formula is C10H10N4O2S2. The van der Waals surface area contributed by atoms with Gasteiger partial charge in [-0.3, -0.25) is 10.1 Å². The van der Waals surface area contributed by atoms with E-state index >= 15 is 0 Å². The third-order valence-electron chi connectivity index (χ3n) is 2.09. The second-order valence-corrected chi connectivity index (χ2v) is 5.32. The zero-order valence-corrected chi connectivity index (χ0v) is 11.1. The lowest BCUT2D eigenvalue weighted by Gasteiger charge is -2.07. The van der Waals surface area contributed by atoms with E-state index in [1.807, 2.05) is 6.92 Å². The van der Waals surface area contributed by atoms with Gasteiger partial charge in [-0.05, 0) is 30.6 Å². The van der Waals surface area contributed by atoms with Gasteiger partial charge >= 0.3 is 5.69 Å². The van der Waals surface area contributed by atoms with Gasteiger partial charge in [-0.1, -0.05) is 17.8 Å². The number of para-hydroxylation sites is 1. The number of nitrogens with zero attached hydrogens (tertiary/aromatic N) is 3. The molecule has 6 nitrogen and oxygen atoms in total. The molecule has 1 heterocycles. The Morgan fingerprint density at radius 3 is 3.00 bits per heavy atom. The molecule has 0 unspecified atom stereocenters. The van der Waals surface area contributed by atoms with Gasteiger partial charge in [0.05, 0.1) is 9.82 Å². The maximum Gasteiger partial charge on any atom is 0.306 e. The third-order valence-corrected chi connectivity index (χ3v) is 3.85. The fraction of sp³-hybridized carbons (Fsp3) is 0.200. The summed E-state index contributed by atoms with van der Waals surface area (Å²) in [5.74, 6) is 0. The van der Waals surface area contributed by atoms with E-state index in [1.54, 1.807) is 18.2 Å². The molecule has 18 heavy (non-hydrogen) atoms. The molecule has 8 heteroatoms. The minimum Gasteiger partial charge on any atom is -0.380 e. The molecule has 0 atom stereocenters. The first kappa shape index (κ1) is 12.8. The Balaban J connectivity index is 2.39. The van der Waals surface area contributed by atoms with Gasteiger partial charge in [0.25, 0.3) is 0 Å². The van der Waals surface area contributed by atoms with Crippen molar-refractivity contribution in [3.8, 4) is 0 Å². The second-order valence-electron chi connectivity index (χ2n) is 3.25. The number of rotatable bonds is 5. The SMILES string of the molecule is CCNc1cccc(Sc2ncns2)c1[N+](=O)[O-]. The van der Waals surface area contributed by atoms with E-state index < -0.39 is 0 Å². The first-order valence-electron chi connectivity index (χ1n) is 5.18. The molecule has 0 aliphatic heterocycles. The molecule has 0 bridgehead atoms. The highest BCUT2D eigenvalue weighted by Crippen LogP contribution is 2.39. The van der Waals surface area contributed by atoms with E-state index in [1.165, 1.54) is 29.6 Å². The summed E-state index contributed by atoms with van der Waals surface area (Å²) in [5, 5.41) is 14.2. The van der Waals surface area contributed by atoms with Crippen LogP contribution in [0.15, 0.2) is 33.8 Å². The van der Waals surface area contributed by atoms with Crippen molar-refractivity contribution < 1.29 is 4.92 Å². The predicted octanol–water partition coefficient (Wildman–Crippen LogP) is 3.03. The molecule has 1 aromatic heterocycles. The first-order valence-corrected chi connectivity index (χ1v) is 6.77. The van der Waals surface area contributed by atoms with Crippen LogP contribution in [0, 0.1) is 10.1 Å². The zero-order chi connectivity index (χ0) is 13.0. The van der Waals surface area contributed by atoms with E-state index in [9.17, 15) is 10.1 Å². The summed E-state index contributed by atoms with van der Waals surface area (Å²) in [6.45, 7) is 2.53. The molecule has 0 aliphatic carbocycles. The lowest BCUT2D eigenvalue weighted by Crippen LogP contribution is -2.02. The monoisotopic (exact) mass is 282 g/mol. The van der Waals surface area contributed by atoms with Gasteiger partial charge in [0.2, 0.25) is 0 Å². The Morgan fingerprint density at radius 1 is 1.56 bits per heavy atom. The molecule has 1 aromatic carbocycles. The van der Waals surface area contributed by atoms with Gasteiger partial charge in [0.15, 0.2) is 4.34 Å². The molecule has 2 aromatic rings. The lowest BCUT2D eigenvalue weighted by atomic mass is 10.2. The normalized spacial score (nSPS) is 10.3. The van der Waals surface area contributed by atoms with E-state index in [4.69, 9.17) is 0 Å². The van der Waals surface area contributed by atoms with Crippen LogP contribution >= 0.6 is 23.3 Å². The Morgan fingerprint density at radius 2 is 2.39 bits per heavy atom. The summed E-state index contributed by atoms with van der Waals surface area (Å²) in [6.07, 6.45) is 1.44. The molecule has 0 spiro atoms. The average molecular weight is 282 g/mol. The van der Waals surface area contributed by atoms with Crippen LogP contribution in [0.4, 0.5) is 11.4 Å². The van der Waals surface area contributed by atoms with Crippen LogP contribution in [0.25, 0.3) is 0 Å². The van der Waals surface area contributed by atoms with Crippen molar-refractivity contribution in [2.45, 2.75) is 16.2 Å². The fourth-order valence-corrected chi connectivity index (χ4v) is 2.97. The van der Waals surface area contributed by atoms with E-state index in [0.717, 1.165) is 0 Å². The number of hydrogen-bond acceptors (Lipinski definition) is 7. The number of hydrogen-bond donors (Lipinski definition) is 1. The number of nitro groups is 1. The second kappa shape index (κ2) is 5.78. The molecule has 94 valence electrons. The summed E-state index contributed by atoms with van der Waals surface area (Å²) in [4.78, 5) is 15.4. The number of benzene rings is 1. The maximum absolute atomic E-state index is 11.2. The van der Waals surface area contributed by atoms with Crippen LogP contribution in [-0.2, 0) is 0 Å². The van der Waals surface area contributed by atoms with Crippen LogP contribution < -0.4 is 5.32 Å². The Hall–Kier alpha value is -1.67. The number of aromatic nitrogens is 2. The first-order chi connectivity index (χ1) is 8.72. The summed E-state index contributed by atoms with van der Waals surface area (Å²) >= 11 is 2.47. The van der Waals surface area contributed by atoms with Crippen LogP contribution in [0.2, 0.25) is 0 Å². The van der Waals surface area contributed by atoms with Crippen LogP contribution in [0.5, 0.6) is 0 Å². The summed E-state index contributed by atoms with van der Waals surface area (Å²) < 4.78 is 4.56. The van der Waals surface area contributed by atoms with Crippen molar-refractivity contribution in [1.82, 2.24) is 9.36 Å². The standard InChI is InChI=1S/C10H10N4O2S2/c1-2-11-7-4-3-5-8(9(7)14(15)16)17-10-12-6-13-18-10/h3-6,11H,2H2,1H3. The van der Waals surface area contributed by atoms with Crippen molar-refractivity contribution >= 4 is 34.7 Å². The zero-order valence-electron chi connectivity index (χ0n) is 9.49. The van der Waals surface area contributed by atoms with Gasteiger partial charge in [0, 0.05) is 6.54 Å². The topological polar surface area (TPSA) is 81.0 Å². The fourth-order valence-electron chi connectivity index (χ4n) is 1.43. The predicted molar refractivity (Wildman–Crippen MR) is 71.3 cm³/mol. The molecule has 0 fully saturated rings. The molecule has 0 saturated carbocycles. The average Bonchev–Trinajstić information content (AvgIpc) is 2.82. The summed E-state index contributed by atoms with van der Waals surface area (Å²) in [5.41, 5.74) is 0.608. The van der Waals surface area contributed by atoms with Gasteiger partial charge in [-0.15, -0.1) is 0 Å². The van der Waals surface area contributed by atoms with Gasteiger partial charge in [-0.25, -0.2) is 4.98 Å². The number of nitrogens with one attached hydrogen (secondary N) is 1. The van der Waals surface area contributed by atoms with Gasteiger partial charge in [0.1, 0.15) is 12.0 Å². The molecule has 0 aliphatic rings. The molecule has 1 N–H and O–H groups in total. The Bertz CT molecular complexity index is 545. The Labute approximate surface area is 112 Å². The van der Waals surface area contributed by atoms with Gasteiger partial charge in [-0.2, -0.15) is 4.37 Å². The smallest absolute Gasteiger partial charge is 0.306 e. The van der Waals surface area contributed by atoms with Crippen LogP contribution in [-0.4, -0.2) is 20.8 Å². The quantitative estimate of drug-likeness (QED) is 0.670. The highest BCUT2D eigenvalue weighted by atomic mass is 32.2. The van der Waals surface area contributed by atoms with Crippen molar-refractivity contribution in [2.24, 2.45) is 0 Å². The van der Waals surface area contributed by atoms with Crippen molar-refractivity contribution in [1.29, 1.82) is 0 Å². The van der Waals surface area contributed by atoms with Gasteiger partial charge < -0.3 is 5.32 Å². The molecule has 0 amide bonds. The molecule has 0 radical (unpaired) electrons. The molecule has 2 rings (SSSR count). The Kier molecular flexibility index (Phi) is 4.11. The van der Waals surface area contributed by atoms with Crippen molar-refractivity contribution in [3.05, 3.63) is 34.6 Å². The lowest BCUT2D eigenvalue weighted by molar-refractivity contribution is -0.386. The van der Waals surface area contributed by atoms with E-state index in [-0.39, 0.29) is 10.6 Å². The van der Waals surface area contributed by atoms with Crippen molar-refractivity contribution in [2.75, 3.05) is 11.9 Å². The summed E-state index contributed by atoms with van der Waals surface area (Å²) in [7, 11) is 0. The maximum atomic E-state index is 11.2. The minimum atomic E-state index is -0.374.